The Hall–Kier alpha value is -2.41. The van der Waals surface area contributed by atoms with Crippen LogP contribution in [0.25, 0.3) is 11.5 Å². The van der Waals surface area contributed by atoms with Gasteiger partial charge in [0, 0.05) is 31.3 Å². The SMILES string of the molecule is Cc1nnc(-c2ccc(NC(=O)NCC(CCO)CC(C)C)cc2)o1. The van der Waals surface area contributed by atoms with Gasteiger partial charge in [-0.15, -0.1) is 10.2 Å². The van der Waals surface area contributed by atoms with Gasteiger partial charge in [0.05, 0.1) is 0 Å². The van der Waals surface area contributed by atoms with E-state index in [-0.39, 0.29) is 18.6 Å². The second-order valence-electron chi connectivity index (χ2n) is 6.55. The van der Waals surface area contributed by atoms with E-state index in [1.165, 1.54) is 0 Å². The molecule has 136 valence electrons. The Balaban J connectivity index is 1.85. The molecule has 0 aliphatic carbocycles. The summed E-state index contributed by atoms with van der Waals surface area (Å²) in [6, 6.07) is 6.95. The maximum absolute atomic E-state index is 12.0. The number of aromatic nitrogens is 2. The standard InChI is InChI=1S/C18H26N4O3/c1-12(2)10-14(8-9-23)11-19-18(24)20-16-6-4-15(5-7-16)17-22-21-13(3)25-17/h4-7,12,14,23H,8-11H2,1-3H3,(H2,19,20,24). The van der Waals surface area contributed by atoms with Crippen molar-refractivity contribution in [1.29, 1.82) is 0 Å². The summed E-state index contributed by atoms with van der Waals surface area (Å²) in [4.78, 5) is 12.0. The smallest absolute Gasteiger partial charge is 0.319 e. The molecule has 1 unspecified atom stereocenters. The molecule has 7 heteroatoms. The lowest BCUT2D eigenvalue weighted by Crippen LogP contribution is -2.33. The second kappa shape index (κ2) is 9.17. The van der Waals surface area contributed by atoms with Crippen LogP contribution in [0.1, 0.15) is 32.6 Å². The second-order valence-corrected chi connectivity index (χ2v) is 6.55. The molecule has 7 nitrogen and oxygen atoms in total. The third kappa shape index (κ3) is 6.19. The highest BCUT2D eigenvalue weighted by Crippen LogP contribution is 2.20. The number of aryl methyl sites for hydroxylation is 1. The summed E-state index contributed by atoms with van der Waals surface area (Å²) < 4.78 is 5.37. The first kappa shape index (κ1) is 18.9. The molecule has 3 N–H and O–H groups in total. The van der Waals surface area contributed by atoms with Crippen LogP contribution in [0, 0.1) is 18.8 Å². The monoisotopic (exact) mass is 346 g/mol. The Morgan fingerprint density at radius 1 is 1.24 bits per heavy atom. The first-order valence-electron chi connectivity index (χ1n) is 8.54. The zero-order valence-electron chi connectivity index (χ0n) is 15.0. The summed E-state index contributed by atoms with van der Waals surface area (Å²) in [6.07, 6.45) is 1.66. The van der Waals surface area contributed by atoms with Gasteiger partial charge in [-0.05, 0) is 48.9 Å². The molecule has 0 radical (unpaired) electrons. The number of carbonyl (C=O) groups excluding carboxylic acids is 1. The normalized spacial score (nSPS) is 12.2. The molecule has 1 aromatic carbocycles. The number of nitrogens with one attached hydrogen (secondary N) is 2. The molecule has 0 saturated carbocycles. The Kier molecular flexibility index (Phi) is 6.94. The van der Waals surface area contributed by atoms with Gasteiger partial charge in [-0.25, -0.2) is 4.79 Å². The van der Waals surface area contributed by atoms with Crippen molar-refractivity contribution in [2.75, 3.05) is 18.5 Å². The zero-order valence-corrected chi connectivity index (χ0v) is 15.0. The van der Waals surface area contributed by atoms with Crippen LogP contribution in [0.5, 0.6) is 0 Å². The number of rotatable bonds is 8. The van der Waals surface area contributed by atoms with E-state index >= 15 is 0 Å². The first-order valence-corrected chi connectivity index (χ1v) is 8.54. The summed E-state index contributed by atoms with van der Waals surface area (Å²) in [5.41, 5.74) is 1.48. The molecule has 2 aromatic rings. The number of benzene rings is 1. The Bertz CT molecular complexity index is 667. The van der Waals surface area contributed by atoms with Gasteiger partial charge in [-0.1, -0.05) is 13.8 Å². The number of urea groups is 1. The van der Waals surface area contributed by atoms with E-state index in [9.17, 15) is 4.79 Å². The van der Waals surface area contributed by atoms with Gasteiger partial charge >= 0.3 is 6.03 Å². The van der Waals surface area contributed by atoms with Crippen LogP contribution in [0.4, 0.5) is 10.5 Å². The van der Waals surface area contributed by atoms with Crippen molar-refractivity contribution < 1.29 is 14.3 Å². The van der Waals surface area contributed by atoms with E-state index < -0.39 is 0 Å². The molecule has 0 fully saturated rings. The van der Waals surface area contributed by atoms with Gasteiger partial charge in [0.1, 0.15) is 0 Å². The molecular formula is C18H26N4O3. The minimum atomic E-state index is -0.256. The van der Waals surface area contributed by atoms with Gasteiger partial charge in [-0.3, -0.25) is 0 Å². The lowest BCUT2D eigenvalue weighted by molar-refractivity contribution is 0.231. The maximum Gasteiger partial charge on any atom is 0.319 e. The van der Waals surface area contributed by atoms with Crippen molar-refractivity contribution >= 4 is 11.7 Å². The van der Waals surface area contributed by atoms with E-state index in [0.29, 0.717) is 36.4 Å². The number of aliphatic hydroxyl groups is 1. The molecule has 1 aromatic heterocycles. The van der Waals surface area contributed by atoms with Crippen LogP contribution >= 0.6 is 0 Å². The van der Waals surface area contributed by atoms with Crippen LogP contribution in [-0.2, 0) is 0 Å². The summed E-state index contributed by atoms with van der Waals surface area (Å²) in [6.45, 7) is 6.69. The molecule has 1 atom stereocenters. The molecule has 0 aliphatic rings. The topological polar surface area (TPSA) is 100 Å². The minimum Gasteiger partial charge on any atom is -0.421 e. The fraction of sp³-hybridized carbons (Fsp3) is 0.500. The van der Waals surface area contributed by atoms with E-state index in [2.05, 4.69) is 34.7 Å². The predicted octanol–water partition coefficient (Wildman–Crippen LogP) is 3.21. The Labute approximate surface area is 147 Å². The van der Waals surface area contributed by atoms with Crippen LogP contribution in [0.15, 0.2) is 28.7 Å². The molecule has 0 aliphatic heterocycles. The molecule has 0 bridgehead atoms. The molecular weight excluding hydrogens is 320 g/mol. The highest BCUT2D eigenvalue weighted by atomic mass is 16.4. The fourth-order valence-electron chi connectivity index (χ4n) is 2.67. The number of nitrogens with zero attached hydrogens (tertiary/aromatic N) is 2. The van der Waals surface area contributed by atoms with Crippen LogP contribution in [0.2, 0.25) is 0 Å². The highest BCUT2D eigenvalue weighted by Gasteiger charge is 2.12. The van der Waals surface area contributed by atoms with Crippen molar-refractivity contribution in [3.05, 3.63) is 30.2 Å². The number of hydrogen-bond acceptors (Lipinski definition) is 5. The predicted molar refractivity (Wildman–Crippen MR) is 96.1 cm³/mol. The molecule has 1 heterocycles. The van der Waals surface area contributed by atoms with Gasteiger partial charge < -0.3 is 20.2 Å². The minimum absolute atomic E-state index is 0.136. The molecule has 25 heavy (non-hydrogen) atoms. The Morgan fingerprint density at radius 3 is 2.52 bits per heavy atom. The van der Waals surface area contributed by atoms with Crippen molar-refractivity contribution in [3.63, 3.8) is 0 Å². The largest absolute Gasteiger partial charge is 0.421 e. The average Bonchev–Trinajstić information content (AvgIpc) is 2.99. The average molecular weight is 346 g/mol. The third-order valence-corrected chi connectivity index (χ3v) is 3.81. The molecule has 0 spiro atoms. The zero-order chi connectivity index (χ0) is 18.2. The van der Waals surface area contributed by atoms with E-state index in [0.717, 1.165) is 12.0 Å². The van der Waals surface area contributed by atoms with Gasteiger partial charge in [0.2, 0.25) is 11.8 Å². The Morgan fingerprint density at radius 2 is 1.96 bits per heavy atom. The lowest BCUT2D eigenvalue weighted by Gasteiger charge is -2.18. The molecule has 2 rings (SSSR count). The summed E-state index contributed by atoms with van der Waals surface area (Å²) >= 11 is 0. The third-order valence-electron chi connectivity index (χ3n) is 3.81. The van der Waals surface area contributed by atoms with Gasteiger partial charge in [0.25, 0.3) is 0 Å². The van der Waals surface area contributed by atoms with E-state index in [4.69, 9.17) is 9.52 Å². The van der Waals surface area contributed by atoms with Crippen LogP contribution in [0.3, 0.4) is 0 Å². The summed E-state index contributed by atoms with van der Waals surface area (Å²) in [7, 11) is 0. The lowest BCUT2D eigenvalue weighted by atomic mass is 9.94. The van der Waals surface area contributed by atoms with Crippen molar-refractivity contribution in [2.45, 2.75) is 33.6 Å². The van der Waals surface area contributed by atoms with Crippen molar-refractivity contribution in [1.82, 2.24) is 15.5 Å². The molecule has 2 amide bonds. The quantitative estimate of drug-likeness (QED) is 0.681. The van der Waals surface area contributed by atoms with Crippen molar-refractivity contribution in [3.8, 4) is 11.5 Å². The summed E-state index contributed by atoms with van der Waals surface area (Å²) in [5, 5.41) is 22.5. The first-order chi connectivity index (χ1) is 12.0. The van der Waals surface area contributed by atoms with Crippen LogP contribution in [-0.4, -0.2) is 34.5 Å². The van der Waals surface area contributed by atoms with E-state index in [1.807, 2.05) is 12.1 Å². The fourth-order valence-corrected chi connectivity index (χ4v) is 2.67. The van der Waals surface area contributed by atoms with Crippen LogP contribution < -0.4 is 10.6 Å². The number of carbonyl (C=O) groups is 1. The van der Waals surface area contributed by atoms with Crippen molar-refractivity contribution in [2.24, 2.45) is 11.8 Å². The number of aliphatic hydroxyl groups excluding tert-OH is 1. The molecule has 0 saturated heterocycles. The maximum atomic E-state index is 12.0. The highest BCUT2D eigenvalue weighted by molar-refractivity contribution is 5.89. The van der Waals surface area contributed by atoms with Gasteiger partial charge in [0.15, 0.2) is 0 Å². The van der Waals surface area contributed by atoms with E-state index in [1.54, 1.807) is 19.1 Å². The number of anilines is 1. The van der Waals surface area contributed by atoms with Gasteiger partial charge in [-0.2, -0.15) is 0 Å². The summed E-state index contributed by atoms with van der Waals surface area (Å²) in [5.74, 6) is 1.77. The number of amides is 2. The number of hydrogen-bond donors (Lipinski definition) is 3.